The molecular formula is C27H31N5OS. The number of hydrogen-bond acceptors (Lipinski definition) is 3. The summed E-state index contributed by atoms with van der Waals surface area (Å²) in [6.45, 7) is 2.57. The van der Waals surface area contributed by atoms with Crippen molar-refractivity contribution in [1.82, 2.24) is 19.8 Å². The summed E-state index contributed by atoms with van der Waals surface area (Å²) in [4.78, 5) is 19.6. The van der Waals surface area contributed by atoms with Crippen molar-refractivity contribution in [3.8, 4) is 0 Å². The van der Waals surface area contributed by atoms with Gasteiger partial charge in [-0.25, -0.2) is 0 Å². The van der Waals surface area contributed by atoms with Gasteiger partial charge in [-0.2, -0.15) is 0 Å². The van der Waals surface area contributed by atoms with E-state index >= 15 is 0 Å². The van der Waals surface area contributed by atoms with E-state index in [1.807, 2.05) is 55.6 Å². The van der Waals surface area contributed by atoms with E-state index < -0.39 is 0 Å². The second-order valence-electron chi connectivity index (χ2n) is 9.26. The van der Waals surface area contributed by atoms with Crippen molar-refractivity contribution in [3.05, 3.63) is 83.9 Å². The van der Waals surface area contributed by atoms with Crippen LogP contribution in [0.2, 0.25) is 0 Å². The number of nitrogens with one attached hydrogen (secondary N) is 2. The van der Waals surface area contributed by atoms with Gasteiger partial charge in [-0.1, -0.05) is 36.6 Å². The van der Waals surface area contributed by atoms with Gasteiger partial charge < -0.3 is 20.1 Å². The Labute approximate surface area is 206 Å². The van der Waals surface area contributed by atoms with E-state index in [1.165, 1.54) is 36.9 Å². The fraction of sp³-hybridized carbons (Fsp3) is 0.370. The summed E-state index contributed by atoms with van der Waals surface area (Å²) in [5, 5.41) is 7.19. The van der Waals surface area contributed by atoms with Crippen LogP contribution in [0.3, 0.4) is 0 Å². The van der Waals surface area contributed by atoms with Crippen LogP contribution in [0.1, 0.15) is 67.2 Å². The van der Waals surface area contributed by atoms with E-state index in [0.717, 1.165) is 11.4 Å². The van der Waals surface area contributed by atoms with Crippen LogP contribution in [-0.4, -0.2) is 32.0 Å². The Morgan fingerprint density at radius 1 is 1.12 bits per heavy atom. The Kier molecular flexibility index (Phi) is 6.63. The lowest BCUT2D eigenvalue weighted by molar-refractivity contribution is -0.116. The highest BCUT2D eigenvalue weighted by Crippen LogP contribution is 2.41. The first-order valence-electron chi connectivity index (χ1n) is 12.1. The molecule has 0 radical (unpaired) electrons. The van der Waals surface area contributed by atoms with Gasteiger partial charge in [-0.05, 0) is 68.4 Å². The summed E-state index contributed by atoms with van der Waals surface area (Å²) in [7, 11) is 0. The van der Waals surface area contributed by atoms with Gasteiger partial charge in [0.15, 0.2) is 5.11 Å². The molecular weight excluding hydrogens is 442 g/mol. The number of nitrogens with zero attached hydrogens (tertiary/aromatic N) is 3. The summed E-state index contributed by atoms with van der Waals surface area (Å²) < 4.78 is 2.43. The SMILES string of the molecule is Cc1ccc(NC(=O)CCN2C(=S)N[C@@H](c3ccccn3)[C@@H]2c2cccn2C2CCCC2)cc1. The number of aryl methyl sites for hydroxylation is 1. The minimum Gasteiger partial charge on any atom is -0.352 e. The summed E-state index contributed by atoms with van der Waals surface area (Å²) >= 11 is 5.79. The van der Waals surface area contributed by atoms with Crippen molar-refractivity contribution >= 4 is 28.9 Å². The molecule has 1 aromatic carbocycles. The molecule has 2 fully saturated rings. The molecule has 0 bridgehead atoms. The molecule has 3 heterocycles. The number of anilines is 1. The molecule has 0 unspecified atom stereocenters. The second-order valence-corrected chi connectivity index (χ2v) is 9.65. The zero-order chi connectivity index (χ0) is 23.5. The molecule has 3 aromatic rings. The quantitative estimate of drug-likeness (QED) is 0.456. The molecule has 1 aliphatic carbocycles. The van der Waals surface area contributed by atoms with Crippen molar-refractivity contribution in [3.63, 3.8) is 0 Å². The maximum atomic E-state index is 12.8. The molecule has 5 rings (SSSR count). The Hall–Kier alpha value is -3.19. The predicted octanol–water partition coefficient (Wildman–Crippen LogP) is 5.31. The average molecular weight is 474 g/mol. The number of hydrogen-bond donors (Lipinski definition) is 2. The summed E-state index contributed by atoms with van der Waals surface area (Å²) in [5.74, 6) is -0.0159. The van der Waals surface area contributed by atoms with Crippen LogP contribution < -0.4 is 10.6 Å². The van der Waals surface area contributed by atoms with Gasteiger partial charge in [0.05, 0.1) is 17.8 Å². The summed E-state index contributed by atoms with van der Waals surface area (Å²) in [6, 6.07) is 18.6. The van der Waals surface area contributed by atoms with Gasteiger partial charge in [-0.15, -0.1) is 0 Å². The second kappa shape index (κ2) is 9.97. The summed E-state index contributed by atoms with van der Waals surface area (Å²) in [6.07, 6.45) is 9.34. The normalized spacial score (nSPS) is 20.5. The Balaban J connectivity index is 1.38. The lowest BCUT2D eigenvalue weighted by Gasteiger charge is -2.30. The first-order valence-corrected chi connectivity index (χ1v) is 12.5. The first kappa shape index (κ1) is 22.6. The minimum atomic E-state index is -0.0658. The fourth-order valence-electron chi connectivity index (χ4n) is 5.22. The Bertz CT molecular complexity index is 1140. The van der Waals surface area contributed by atoms with E-state index in [9.17, 15) is 4.79 Å². The van der Waals surface area contributed by atoms with Crippen LogP contribution in [-0.2, 0) is 4.79 Å². The Morgan fingerprint density at radius 3 is 2.65 bits per heavy atom. The number of carbonyl (C=O) groups is 1. The van der Waals surface area contributed by atoms with Crippen LogP contribution in [0.4, 0.5) is 5.69 Å². The molecule has 6 nitrogen and oxygen atoms in total. The minimum absolute atomic E-state index is 0.0159. The topological polar surface area (TPSA) is 62.2 Å². The van der Waals surface area contributed by atoms with E-state index in [0.29, 0.717) is 24.1 Å². The van der Waals surface area contributed by atoms with Gasteiger partial charge in [-0.3, -0.25) is 9.78 Å². The third-order valence-electron chi connectivity index (χ3n) is 6.95. The molecule has 2 aliphatic rings. The molecule has 1 saturated heterocycles. The largest absolute Gasteiger partial charge is 0.352 e. The number of rotatable bonds is 7. The molecule has 1 amide bonds. The number of thiocarbonyl (C=S) groups is 1. The van der Waals surface area contributed by atoms with Gasteiger partial charge in [0.1, 0.15) is 0 Å². The molecule has 1 saturated carbocycles. The van der Waals surface area contributed by atoms with E-state index in [2.05, 4.69) is 43.4 Å². The average Bonchev–Trinajstić information content (AvgIpc) is 3.59. The van der Waals surface area contributed by atoms with E-state index in [1.54, 1.807) is 0 Å². The van der Waals surface area contributed by atoms with Crippen LogP contribution in [0, 0.1) is 6.92 Å². The number of benzene rings is 1. The van der Waals surface area contributed by atoms with E-state index in [4.69, 9.17) is 12.2 Å². The molecule has 7 heteroatoms. The number of aromatic nitrogens is 2. The smallest absolute Gasteiger partial charge is 0.226 e. The van der Waals surface area contributed by atoms with Crippen LogP contribution in [0.15, 0.2) is 67.0 Å². The van der Waals surface area contributed by atoms with Crippen molar-refractivity contribution in [2.75, 3.05) is 11.9 Å². The highest BCUT2D eigenvalue weighted by atomic mass is 32.1. The monoisotopic (exact) mass is 473 g/mol. The van der Waals surface area contributed by atoms with Crippen LogP contribution in [0.25, 0.3) is 0 Å². The highest BCUT2D eigenvalue weighted by molar-refractivity contribution is 7.80. The Morgan fingerprint density at radius 2 is 1.91 bits per heavy atom. The van der Waals surface area contributed by atoms with Gasteiger partial charge in [0.2, 0.25) is 5.91 Å². The molecule has 0 spiro atoms. The standard InChI is InChI=1S/C27H31N5OS/c1-19-11-13-20(14-12-19)29-24(33)15-18-32-26(23-10-6-17-31(23)21-7-2-3-8-21)25(30-27(32)34)22-9-4-5-16-28-22/h4-6,9-14,16-17,21,25-26H,2-3,7-8,15,18H2,1H3,(H,29,33)(H,30,34)/t25-,26-/m0/s1. The first-order chi connectivity index (χ1) is 16.6. The fourth-order valence-corrected chi connectivity index (χ4v) is 5.55. The lowest BCUT2D eigenvalue weighted by Crippen LogP contribution is -2.33. The maximum Gasteiger partial charge on any atom is 0.226 e. The zero-order valence-electron chi connectivity index (χ0n) is 19.5. The van der Waals surface area contributed by atoms with Crippen LogP contribution in [0.5, 0.6) is 0 Å². The molecule has 2 N–H and O–H groups in total. The number of pyridine rings is 1. The molecule has 2 aromatic heterocycles. The van der Waals surface area contributed by atoms with Crippen molar-refractivity contribution < 1.29 is 4.79 Å². The lowest BCUT2D eigenvalue weighted by atomic mass is 10.0. The van der Waals surface area contributed by atoms with Crippen molar-refractivity contribution in [1.29, 1.82) is 0 Å². The van der Waals surface area contributed by atoms with Gasteiger partial charge >= 0.3 is 0 Å². The highest BCUT2D eigenvalue weighted by Gasteiger charge is 2.41. The molecule has 34 heavy (non-hydrogen) atoms. The van der Waals surface area contributed by atoms with Gasteiger partial charge in [0, 0.05) is 42.8 Å². The van der Waals surface area contributed by atoms with Crippen LogP contribution >= 0.6 is 12.2 Å². The maximum absolute atomic E-state index is 12.8. The van der Waals surface area contributed by atoms with Crippen molar-refractivity contribution in [2.24, 2.45) is 0 Å². The van der Waals surface area contributed by atoms with Gasteiger partial charge in [0.25, 0.3) is 0 Å². The van der Waals surface area contributed by atoms with Crippen molar-refractivity contribution in [2.45, 2.75) is 57.2 Å². The molecule has 1 aliphatic heterocycles. The third kappa shape index (κ3) is 4.71. The number of carbonyl (C=O) groups excluding carboxylic acids is 1. The molecule has 2 atom stereocenters. The van der Waals surface area contributed by atoms with E-state index in [-0.39, 0.29) is 18.0 Å². The zero-order valence-corrected chi connectivity index (χ0v) is 20.3. The summed E-state index contributed by atoms with van der Waals surface area (Å²) in [5.41, 5.74) is 4.17. The number of amides is 1. The molecule has 176 valence electrons. The third-order valence-corrected chi connectivity index (χ3v) is 7.30. The predicted molar refractivity (Wildman–Crippen MR) is 139 cm³/mol.